The van der Waals surface area contributed by atoms with Gasteiger partial charge in [0.15, 0.2) is 0 Å². The maximum Gasteiger partial charge on any atom is 0.0650 e. The van der Waals surface area contributed by atoms with Crippen molar-refractivity contribution in [1.29, 1.82) is 0 Å². The lowest BCUT2D eigenvalue weighted by Gasteiger charge is -2.37. The molecule has 2 heterocycles. The summed E-state index contributed by atoms with van der Waals surface area (Å²) >= 11 is 5.91. The van der Waals surface area contributed by atoms with Crippen molar-refractivity contribution in [2.75, 3.05) is 10.0 Å². The van der Waals surface area contributed by atoms with Gasteiger partial charge in [-0.1, -0.05) is 36.7 Å². The summed E-state index contributed by atoms with van der Waals surface area (Å²) in [4.78, 5) is 0. The van der Waals surface area contributed by atoms with Crippen molar-refractivity contribution >= 4 is 23.0 Å². The topological polar surface area (TPSA) is 53.0 Å². The predicted octanol–water partition coefficient (Wildman–Crippen LogP) is 2.91. The summed E-state index contributed by atoms with van der Waals surface area (Å²) in [5, 5.41) is 27.8. The van der Waals surface area contributed by atoms with Crippen LogP contribution in [0.4, 0.5) is 11.4 Å². The summed E-state index contributed by atoms with van der Waals surface area (Å²) in [5.74, 6) is -0.207. The first kappa shape index (κ1) is 14.4. The van der Waals surface area contributed by atoms with Gasteiger partial charge in [-0.15, -0.1) is 0 Å². The van der Waals surface area contributed by atoms with Crippen molar-refractivity contribution in [2.24, 2.45) is 5.92 Å². The summed E-state index contributed by atoms with van der Waals surface area (Å²) in [6.07, 6.45) is 0.774. The second kappa shape index (κ2) is 5.16. The first-order valence-electron chi connectivity index (χ1n) is 7.41. The van der Waals surface area contributed by atoms with Gasteiger partial charge in [0.25, 0.3) is 0 Å². The SMILES string of the molecule is CC1Cc2ccccc2N2C1=C([O-])N(c1ccc(Cl)cc1)N2O. The number of nitrogens with zero attached hydrogens (tertiary/aromatic N) is 3. The molecule has 4 rings (SSSR count). The van der Waals surface area contributed by atoms with Crippen LogP contribution in [0.15, 0.2) is 60.1 Å². The van der Waals surface area contributed by atoms with Crippen LogP contribution < -0.4 is 15.1 Å². The van der Waals surface area contributed by atoms with Crippen molar-refractivity contribution < 1.29 is 10.3 Å². The molecule has 0 amide bonds. The Bertz CT molecular complexity index is 791. The van der Waals surface area contributed by atoms with Crippen molar-refractivity contribution in [3.05, 3.63) is 70.7 Å². The van der Waals surface area contributed by atoms with E-state index in [0.717, 1.165) is 23.0 Å². The highest BCUT2D eigenvalue weighted by molar-refractivity contribution is 6.30. The fraction of sp³-hybridized carbons (Fsp3) is 0.176. The number of para-hydroxylation sites is 1. The van der Waals surface area contributed by atoms with Crippen molar-refractivity contribution in [2.45, 2.75) is 13.3 Å². The third kappa shape index (κ3) is 2.09. The molecular weight excluding hydrogens is 314 g/mol. The Morgan fingerprint density at radius 1 is 1.09 bits per heavy atom. The molecule has 0 aliphatic carbocycles. The van der Waals surface area contributed by atoms with Gasteiger partial charge in [-0.25, -0.2) is 10.0 Å². The van der Waals surface area contributed by atoms with Crippen LogP contribution in [0, 0.1) is 5.92 Å². The van der Waals surface area contributed by atoms with Crippen LogP contribution >= 0.6 is 11.6 Å². The Morgan fingerprint density at radius 2 is 1.78 bits per heavy atom. The molecule has 23 heavy (non-hydrogen) atoms. The first-order valence-corrected chi connectivity index (χ1v) is 7.79. The number of hydrogen-bond donors (Lipinski definition) is 1. The van der Waals surface area contributed by atoms with E-state index in [9.17, 15) is 10.3 Å². The fourth-order valence-electron chi connectivity index (χ4n) is 3.23. The molecule has 5 nitrogen and oxygen atoms in total. The van der Waals surface area contributed by atoms with E-state index in [0.29, 0.717) is 16.4 Å². The summed E-state index contributed by atoms with van der Waals surface area (Å²) in [6.45, 7) is 2.00. The monoisotopic (exact) mass is 328 g/mol. The zero-order chi connectivity index (χ0) is 16.1. The fourth-order valence-corrected chi connectivity index (χ4v) is 3.36. The molecule has 2 aliphatic rings. The van der Waals surface area contributed by atoms with E-state index in [1.54, 1.807) is 29.3 Å². The molecule has 2 aromatic carbocycles. The molecule has 1 atom stereocenters. The molecule has 0 saturated heterocycles. The van der Waals surface area contributed by atoms with Crippen LogP contribution in [0.2, 0.25) is 5.02 Å². The minimum atomic E-state index is -0.225. The highest BCUT2D eigenvalue weighted by Gasteiger charge is 2.39. The van der Waals surface area contributed by atoms with E-state index in [4.69, 9.17) is 11.6 Å². The van der Waals surface area contributed by atoms with Gasteiger partial charge in [0.1, 0.15) is 0 Å². The Kier molecular flexibility index (Phi) is 3.23. The average molecular weight is 329 g/mol. The number of hydrazine groups is 2. The molecule has 118 valence electrons. The third-order valence-corrected chi connectivity index (χ3v) is 4.53. The first-order chi connectivity index (χ1) is 11.1. The standard InChI is InChI=1S/C17H16ClN3O2/c1-11-10-12-4-2-3-5-15(12)20-16(11)17(22)19(21(20)23)14-8-6-13(18)7-9-14/h2-9,11,22-23H,10H2,1H3/p-1. The van der Waals surface area contributed by atoms with Gasteiger partial charge in [-0.3, -0.25) is 5.21 Å². The van der Waals surface area contributed by atoms with Gasteiger partial charge < -0.3 is 5.11 Å². The zero-order valence-electron chi connectivity index (χ0n) is 12.5. The van der Waals surface area contributed by atoms with Gasteiger partial charge in [0.2, 0.25) is 0 Å². The molecule has 0 fully saturated rings. The molecule has 1 unspecified atom stereocenters. The molecular formula is C17H15ClN3O2-. The Balaban J connectivity index is 1.84. The number of fused-ring (bicyclic) bond motifs is 3. The Morgan fingerprint density at radius 3 is 2.52 bits per heavy atom. The minimum Gasteiger partial charge on any atom is -0.858 e. The average Bonchev–Trinajstić information content (AvgIpc) is 2.81. The molecule has 0 spiro atoms. The van der Waals surface area contributed by atoms with Gasteiger partial charge in [0, 0.05) is 22.1 Å². The van der Waals surface area contributed by atoms with E-state index < -0.39 is 0 Å². The lowest BCUT2D eigenvalue weighted by atomic mass is 9.92. The van der Waals surface area contributed by atoms with Crippen LogP contribution in [0.3, 0.4) is 0 Å². The van der Waals surface area contributed by atoms with Gasteiger partial charge in [-0.2, -0.15) is 0 Å². The lowest BCUT2D eigenvalue weighted by molar-refractivity contribution is -0.314. The molecule has 6 heteroatoms. The molecule has 2 aromatic rings. The normalized spacial score (nSPS) is 20.7. The smallest absolute Gasteiger partial charge is 0.0650 e. The number of allylic oxidation sites excluding steroid dienone is 1. The van der Waals surface area contributed by atoms with Gasteiger partial charge in [0.05, 0.1) is 17.1 Å². The Labute approximate surface area is 139 Å². The lowest BCUT2D eigenvalue weighted by Crippen LogP contribution is -2.46. The Hall–Kier alpha value is -2.21. The summed E-state index contributed by atoms with van der Waals surface area (Å²) in [6, 6.07) is 14.6. The van der Waals surface area contributed by atoms with E-state index >= 15 is 0 Å². The summed E-state index contributed by atoms with van der Waals surface area (Å²) < 4.78 is 0. The van der Waals surface area contributed by atoms with Crippen LogP contribution in [0.1, 0.15) is 12.5 Å². The van der Waals surface area contributed by atoms with Crippen LogP contribution in [0.25, 0.3) is 0 Å². The second-order valence-electron chi connectivity index (χ2n) is 5.79. The minimum absolute atomic E-state index is 0.0179. The molecule has 0 radical (unpaired) electrons. The molecule has 0 bridgehead atoms. The maximum atomic E-state index is 12.9. The van der Waals surface area contributed by atoms with Crippen LogP contribution in [-0.4, -0.2) is 10.5 Å². The van der Waals surface area contributed by atoms with Crippen LogP contribution in [0.5, 0.6) is 0 Å². The van der Waals surface area contributed by atoms with Gasteiger partial charge >= 0.3 is 0 Å². The highest BCUT2D eigenvalue weighted by atomic mass is 35.5. The molecule has 0 aromatic heterocycles. The van der Waals surface area contributed by atoms with Gasteiger partial charge in [-0.05, 0) is 42.3 Å². The molecule has 0 saturated carbocycles. The molecule has 1 N–H and O–H groups in total. The third-order valence-electron chi connectivity index (χ3n) is 4.28. The van der Waals surface area contributed by atoms with E-state index in [1.165, 1.54) is 5.01 Å². The van der Waals surface area contributed by atoms with Crippen LogP contribution in [-0.2, 0) is 6.42 Å². The second-order valence-corrected chi connectivity index (χ2v) is 6.23. The maximum absolute atomic E-state index is 12.9. The van der Waals surface area contributed by atoms with E-state index in [2.05, 4.69) is 0 Å². The van der Waals surface area contributed by atoms with Crippen molar-refractivity contribution in [1.82, 2.24) is 5.28 Å². The number of rotatable bonds is 1. The number of hydrogen-bond acceptors (Lipinski definition) is 5. The number of benzene rings is 2. The van der Waals surface area contributed by atoms with Crippen molar-refractivity contribution in [3.8, 4) is 0 Å². The highest BCUT2D eigenvalue weighted by Crippen LogP contribution is 2.43. The van der Waals surface area contributed by atoms with Crippen molar-refractivity contribution in [3.63, 3.8) is 0 Å². The zero-order valence-corrected chi connectivity index (χ0v) is 13.2. The van der Waals surface area contributed by atoms with E-state index in [-0.39, 0.29) is 11.8 Å². The quantitative estimate of drug-likeness (QED) is 0.872. The largest absolute Gasteiger partial charge is 0.858 e. The number of anilines is 2. The molecule has 2 aliphatic heterocycles. The predicted molar refractivity (Wildman–Crippen MR) is 86.4 cm³/mol. The number of halogens is 1. The van der Waals surface area contributed by atoms with E-state index in [1.807, 2.05) is 31.2 Å². The summed E-state index contributed by atoms with van der Waals surface area (Å²) in [7, 11) is 0. The summed E-state index contributed by atoms with van der Waals surface area (Å²) in [5.41, 5.74) is 3.07.